The molecule has 0 saturated carbocycles. The van der Waals surface area contributed by atoms with Crippen molar-refractivity contribution in [3.8, 4) is 0 Å². The van der Waals surface area contributed by atoms with Crippen molar-refractivity contribution in [2.24, 2.45) is 5.73 Å². The molecule has 0 radical (unpaired) electrons. The fourth-order valence-electron chi connectivity index (χ4n) is 0.777. The number of hydrogen-bond acceptors (Lipinski definition) is 4. The van der Waals surface area contributed by atoms with Gasteiger partial charge in [-0.15, -0.1) is 0 Å². The highest BCUT2D eigenvalue weighted by Gasteiger charge is 2.16. The van der Waals surface area contributed by atoms with E-state index >= 15 is 0 Å². The molecule has 66 valence electrons. The number of carbonyl (C=O) groups excluding carboxylic acids is 1. The van der Waals surface area contributed by atoms with Crippen LogP contribution in [0.5, 0.6) is 0 Å². The Balaban J connectivity index is 3.84. The van der Waals surface area contributed by atoms with E-state index in [-0.39, 0.29) is 24.6 Å². The third-order valence-electron chi connectivity index (χ3n) is 1.26. The van der Waals surface area contributed by atoms with Crippen molar-refractivity contribution < 1.29 is 9.53 Å². The van der Waals surface area contributed by atoms with Gasteiger partial charge in [0.2, 0.25) is 0 Å². The van der Waals surface area contributed by atoms with Crippen molar-refractivity contribution in [3.63, 3.8) is 0 Å². The highest BCUT2D eigenvalue weighted by atomic mass is 16.5. The molecule has 0 bridgehead atoms. The smallest absolute Gasteiger partial charge is 0.324 e. The molecule has 0 aliphatic rings. The summed E-state index contributed by atoms with van der Waals surface area (Å²) < 4.78 is 4.52. The minimum Gasteiger partial charge on any atom is -0.468 e. The zero-order valence-electron chi connectivity index (χ0n) is 7.26. The number of carbonyl (C=O) groups is 1. The Kier molecular flexibility index (Phi) is 4.81. The Morgan fingerprint density at radius 2 is 2.18 bits per heavy atom. The Labute approximate surface area is 67.1 Å². The first-order valence-corrected chi connectivity index (χ1v) is 3.65. The van der Waals surface area contributed by atoms with Crippen molar-refractivity contribution in [2.45, 2.75) is 25.9 Å². The number of rotatable bonds is 4. The Bertz CT molecular complexity index is 126. The molecule has 0 spiro atoms. The van der Waals surface area contributed by atoms with E-state index in [1.54, 1.807) is 0 Å². The van der Waals surface area contributed by atoms with Gasteiger partial charge in [-0.1, -0.05) is 13.8 Å². The van der Waals surface area contributed by atoms with Gasteiger partial charge in [0, 0.05) is 12.6 Å². The summed E-state index contributed by atoms with van der Waals surface area (Å²) in [6.45, 7) is 4.17. The predicted molar refractivity (Wildman–Crippen MR) is 43.1 cm³/mol. The third kappa shape index (κ3) is 3.95. The van der Waals surface area contributed by atoms with E-state index in [0.29, 0.717) is 0 Å². The topological polar surface area (TPSA) is 64.3 Å². The monoisotopic (exact) mass is 160 g/mol. The van der Waals surface area contributed by atoms with Crippen LogP contribution in [0, 0.1) is 0 Å². The van der Waals surface area contributed by atoms with Crippen LogP contribution >= 0.6 is 0 Å². The molecule has 0 saturated heterocycles. The molecule has 3 N–H and O–H groups in total. The average Bonchev–Trinajstić information content (AvgIpc) is 1.98. The van der Waals surface area contributed by atoms with Crippen LogP contribution in [0.4, 0.5) is 0 Å². The van der Waals surface area contributed by atoms with E-state index in [1.807, 2.05) is 13.8 Å². The first kappa shape index (κ1) is 10.4. The van der Waals surface area contributed by atoms with Gasteiger partial charge in [-0.3, -0.25) is 4.79 Å². The summed E-state index contributed by atoms with van der Waals surface area (Å²) in [6.07, 6.45) is 0. The second-order valence-corrected chi connectivity index (χ2v) is 2.63. The Hall–Kier alpha value is -0.610. The maximum atomic E-state index is 10.9. The molecule has 0 amide bonds. The van der Waals surface area contributed by atoms with Crippen molar-refractivity contribution in [2.75, 3.05) is 13.7 Å². The maximum absolute atomic E-state index is 10.9. The van der Waals surface area contributed by atoms with Gasteiger partial charge in [-0.25, -0.2) is 0 Å². The van der Waals surface area contributed by atoms with Crippen molar-refractivity contribution in [1.82, 2.24) is 5.32 Å². The second-order valence-electron chi connectivity index (χ2n) is 2.63. The minimum atomic E-state index is -0.375. The van der Waals surface area contributed by atoms with Crippen LogP contribution in [-0.4, -0.2) is 31.7 Å². The zero-order valence-corrected chi connectivity index (χ0v) is 7.26. The van der Waals surface area contributed by atoms with Crippen LogP contribution in [0.1, 0.15) is 13.8 Å². The van der Waals surface area contributed by atoms with Crippen molar-refractivity contribution in [1.29, 1.82) is 0 Å². The molecule has 0 aliphatic carbocycles. The van der Waals surface area contributed by atoms with E-state index in [0.717, 1.165) is 0 Å². The first-order valence-electron chi connectivity index (χ1n) is 3.65. The molecule has 11 heavy (non-hydrogen) atoms. The van der Waals surface area contributed by atoms with Gasteiger partial charge in [0.15, 0.2) is 0 Å². The average molecular weight is 160 g/mol. The minimum absolute atomic E-state index is 0.239. The molecule has 4 nitrogen and oxygen atoms in total. The second kappa shape index (κ2) is 5.09. The third-order valence-corrected chi connectivity index (χ3v) is 1.26. The summed E-state index contributed by atoms with van der Waals surface area (Å²) in [7, 11) is 1.35. The van der Waals surface area contributed by atoms with E-state index in [9.17, 15) is 4.79 Å². The molecule has 0 aliphatic heterocycles. The fraction of sp³-hybridized carbons (Fsp3) is 0.857. The number of hydrogen-bond donors (Lipinski definition) is 2. The van der Waals surface area contributed by atoms with Crippen LogP contribution in [0.15, 0.2) is 0 Å². The molecule has 0 heterocycles. The molecule has 0 rings (SSSR count). The molecular formula is C7H16N2O2. The lowest BCUT2D eigenvalue weighted by Crippen LogP contribution is -2.46. The molecular weight excluding hydrogens is 144 g/mol. The Morgan fingerprint density at radius 1 is 1.64 bits per heavy atom. The van der Waals surface area contributed by atoms with Gasteiger partial charge < -0.3 is 15.8 Å². The number of methoxy groups -OCH3 is 1. The van der Waals surface area contributed by atoms with Crippen molar-refractivity contribution in [3.05, 3.63) is 0 Å². The van der Waals surface area contributed by atoms with E-state index in [4.69, 9.17) is 5.73 Å². The van der Waals surface area contributed by atoms with Crippen LogP contribution in [0.25, 0.3) is 0 Å². The van der Waals surface area contributed by atoms with E-state index in [1.165, 1.54) is 7.11 Å². The van der Waals surface area contributed by atoms with Crippen molar-refractivity contribution >= 4 is 5.97 Å². The summed E-state index contributed by atoms with van der Waals surface area (Å²) in [5.41, 5.74) is 5.33. The lowest BCUT2D eigenvalue weighted by molar-refractivity contribution is -0.143. The van der Waals surface area contributed by atoms with Crippen LogP contribution < -0.4 is 11.1 Å². The van der Waals surface area contributed by atoms with Gasteiger partial charge in [0.25, 0.3) is 0 Å². The maximum Gasteiger partial charge on any atom is 0.324 e. The normalized spacial score (nSPS) is 13.2. The summed E-state index contributed by atoms with van der Waals surface area (Å²) in [5.74, 6) is -0.304. The predicted octanol–water partition coefficient (Wildman–Crippen LogP) is -0.515. The molecule has 0 fully saturated rings. The molecule has 1 unspecified atom stereocenters. The molecule has 4 heteroatoms. The van der Waals surface area contributed by atoms with E-state index < -0.39 is 0 Å². The van der Waals surface area contributed by atoms with E-state index in [2.05, 4.69) is 10.1 Å². The molecule has 1 atom stereocenters. The van der Waals surface area contributed by atoms with Gasteiger partial charge in [0.05, 0.1) is 7.11 Å². The standard InChI is InChI=1S/C7H16N2O2/c1-5(2)9-6(4-8)7(10)11-3/h5-6,9H,4,8H2,1-3H3. The Morgan fingerprint density at radius 3 is 2.45 bits per heavy atom. The number of esters is 1. The first-order chi connectivity index (χ1) is 5.11. The molecule has 0 aromatic rings. The van der Waals surface area contributed by atoms with Crippen LogP contribution in [0.3, 0.4) is 0 Å². The summed E-state index contributed by atoms with van der Waals surface area (Å²) >= 11 is 0. The lowest BCUT2D eigenvalue weighted by Gasteiger charge is -2.16. The highest BCUT2D eigenvalue weighted by molar-refractivity contribution is 5.75. The number of nitrogens with one attached hydrogen (secondary N) is 1. The van der Waals surface area contributed by atoms with Gasteiger partial charge in [0.1, 0.15) is 6.04 Å². The highest BCUT2D eigenvalue weighted by Crippen LogP contribution is 1.88. The summed E-state index contributed by atoms with van der Waals surface area (Å²) in [6, 6.07) is -0.136. The number of ether oxygens (including phenoxy) is 1. The molecule has 0 aromatic heterocycles. The van der Waals surface area contributed by atoms with Crippen LogP contribution in [-0.2, 0) is 9.53 Å². The fourth-order valence-corrected chi connectivity index (χ4v) is 0.777. The van der Waals surface area contributed by atoms with Gasteiger partial charge in [-0.05, 0) is 0 Å². The SMILES string of the molecule is COC(=O)C(CN)NC(C)C. The molecule has 0 aromatic carbocycles. The van der Waals surface area contributed by atoms with Gasteiger partial charge in [-0.2, -0.15) is 0 Å². The number of nitrogens with two attached hydrogens (primary N) is 1. The van der Waals surface area contributed by atoms with Gasteiger partial charge >= 0.3 is 5.97 Å². The zero-order chi connectivity index (χ0) is 8.85. The summed E-state index contributed by atoms with van der Waals surface area (Å²) in [4.78, 5) is 10.9. The summed E-state index contributed by atoms with van der Waals surface area (Å²) in [5, 5.41) is 2.98. The quantitative estimate of drug-likeness (QED) is 0.543. The largest absolute Gasteiger partial charge is 0.468 e. The lowest BCUT2D eigenvalue weighted by atomic mass is 10.2. The van der Waals surface area contributed by atoms with Crippen LogP contribution in [0.2, 0.25) is 0 Å².